The van der Waals surface area contributed by atoms with Crippen LogP contribution in [0.15, 0.2) is 53.5 Å². The summed E-state index contributed by atoms with van der Waals surface area (Å²) in [6, 6.07) is 15.8. The first kappa shape index (κ1) is 19.7. The predicted molar refractivity (Wildman–Crippen MR) is 99.3 cm³/mol. The third-order valence-electron chi connectivity index (χ3n) is 4.25. The van der Waals surface area contributed by atoms with Crippen LogP contribution in [0.3, 0.4) is 0 Å². The van der Waals surface area contributed by atoms with E-state index in [0.29, 0.717) is 11.7 Å². The average molecular weight is 442 g/mol. The van der Waals surface area contributed by atoms with Gasteiger partial charge in [-0.25, -0.2) is 0 Å². The van der Waals surface area contributed by atoms with Gasteiger partial charge in [0.05, 0.1) is 5.69 Å². The van der Waals surface area contributed by atoms with Gasteiger partial charge in [0.1, 0.15) is 5.75 Å². The van der Waals surface area contributed by atoms with Crippen LogP contribution in [0.25, 0.3) is 0 Å². The number of para-hydroxylation sites is 2. The van der Waals surface area contributed by atoms with E-state index in [4.69, 9.17) is 17.0 Å². The van der Waals surface area contributed by atoms with E-state index in [1.807, 2.05) is 42.5 Å². The van der Waals surface area contributed by atoms with Crippen LogP contribution >= 0.6 is 17.0 Å². The Morgan fingerprint density at radius 1 is 0.958 bits per heavy atom. The van der Waals surface area contributed by atoms with Crippen LogP contribution in [-0.2, 0) is 20.8 Å². The molecule has 1 N–H and O–H groups in total. The number of phenols is 1. The first-order valence-electron chi connectivity index (χ1n) is 8.13. The molecule has 0 heterocycles. The molecule has 1 aliphatic carbocycles. The van der Waals surface area contributed by atoms with Crippen LogP contribution in [0.2, 0.25) is 0 Å². The second kappa shape index (κ2) is 11.1. The number of hydrogen-bond acceptors (Lipinski definition) is 2. The first-order valence-corrected chi connectivity index (χ1v) is 14.5. The van der Waals surface area contributed by atoms with Crippen molar-refractivity contribution in [3.63, 3.8) is 0 Å². The molecule has 1 fully saturated rings. The molecule has 1 saturated carbocycles. The zero-order valence-electron chi connectivity index (χ0n) is 13.5. The summed E-state index contributed by atoms with van der Waals surface area (Å²) >= 11 is -0.826. The van der Waals surface area contributed by atoms with E-state index in [2.05, 4.69) is 11.1 Å². The second-order valence-electron chi connectivity index (χ2n) is 5.79. The van der Waals surface area contributed by atoms with Crippen LogP contribution in [0.1, 0.15) is 49.1 Å². The van der Waals surface area contributed by atoms with Gasteiger partial charge in [0.2, 0.25) is 0 Å². The van der Waals surface area contributed by atoms with Crippen LogP contribution in [0.5, 0.6) is 5.75 Å². The minimum atomic E-state index is -0.826. The Bertz CT molecular complexity index is 643. The number of aromatic hydroxyl groups is 1. The molecule has 5 heteroatoms. The molecule has 0 atom stereocenters. The fraction of sp³-hybridized carbons (Fsp3) is 0.316. The van der Waals surface area contributed by atoms with Crippen LogP contribution < -0.4 is 0 Å². The molecular weight excluding hydrogens is 420 g/mol. The molecule has 2 nitrogen and oxygen atoms in total. The maximum absolute atomic E-state index is 10.5. The van der Waals surface area contributed by atoms with Crippen molar-refractivity contribution >= 4 is 28.9 Å². The third kappa shape index (κ3) is 6.02. The number of benzene rings is 2. The molecule has 126 valence electrons. The van der Waals surface area contributed by atoms with Crippen molar-refractivity contribution in [2.75, 3.05) is 0 Å². The third-order valence-corrected chi connectivity index (χ3v) is 4.25. The fourth-order valence-electron chi connectivity index (χ4n) is 3.09. The molecule has 0 amide bonds. The minimum absolute atomic E-state index is 0.407. The molecule has 2 aromatic rings. The summed E-state index contributed by atoms with van der Waals surface area (Å²) < 4.78 is 0. The molecule has 24 heavy (non-hydrogen) atoms. The molecule has 0 radical (unpaired) electrons. The number of nitrogens with zero attached hydrogens (tertiary/aromatic N) is 1. The van der Waals surface area contributed by atoms with Crippen molar-refractivity contribution in [2.24, 2.45) is 4.99 Å². The van der Waals surface area contributed by atoms with Gasteiger partial charge < -0.3 is 5.11 Å². The van der Waals surface area contributed by atoms with Crippen molar-refractivity contribution in [3.8, 4) is 5.75 Å². The molecule has 1 aliphatic rings. The number of halogens is 2. The topological polar surface area (TPSA) is 32.6 Å². The standard InChI is InChI=1S/C19H21NO.2ClH.Zr/c21-19-16(14-20-17-11-5-2-6-12-17)10-7-13-18(19)15-8-3-1-4-9-15;;;/h2,5-7,10-15,21H,1,3-4,8-9H2;2*1H;/q;;;+2/p-2. The van der Waals surface area contributed by atoms with Crippen molar-refractivity contribution in [2.45, 2.75) is 38.0 Å². The van der Waals surface area contributed by atoms with Crippen LogP contribution in [0, 0.1) is 0 Å². The molecule has 3 rings (SSSR count). The summed E-state index contributed by atoms with van der Waals surface area (Å²) in [4.78, 5) is 4.44. The van der Waals surface area contributed by atoms with Crippen LogP contribution in [0.4, 0.5) is 5.69 Å². The van der Waals surface area contributed by atoms with Gasteiger partial charge in [-0.2, -0.15) is 0 Å². The summed E-state index contributed by atoms with van der Waals surface area (Å²) in [5.41, 5.74) is 2.80. The van der Waals surface area contributed by atoms with E-state index in [1.54, 1.807) is 6.21 Å². The monoisotopic (exact) mass is 439 g/mol. The average Bonchev–Trinajstić information content (AvgIpc) is 2.63. The number of phenolic OH excluding ortho intramolecular Hbond substituents is 1. The number of aliphatic imine (C=N–C) groups is 1. The molecule has 0 saturated heterocycles. The van der Waals surface area contributed by atoms with Gasteiger partial charge in [-0.15, -0.1) is 0 Å². The van der Waals surface area contributed by atoms with Gasteiger partial charge in [0.25, 0.3) is 0 Å². The van der Waals surface area contributed by atoms with E-state index in [-0.39, 0.29) is 0 Å². The van der Waals surface area contributed by atoms with Crippen molar-refractivity contribution < 1.29 is 26.0 Å². The Hall–Kier alpha value is -0.627. The predicted octanol–water partition coefficient (Wildman–Crippen LogP) is 6.57. The SMILES string of the molecule is Oc1c(C=Nc2ccccc2)cccc1C1CCCCC1.[Cl][Zr][Cl]. The summed E-state index contributed by atoms with van der Waals surface area (Å²) in [7, 11) is 9.87. The Kier molecular flexibility index (Phi) is 9.09. The van der Waals surface area contributed by atoms with Crippen molar-refractivity contribution in [1.29, 1.82) is 0 Å². The van der Waals surface area contributed by atoms with Gasteiger partial charge in [-0.3, -0.25) is 4.99 Å². The summed E-state index contributed by atoms with van der Waals surface area (Å²) in [6.07, 6.45) is 8.00. The zero-order valence-corrected chi connectivity index (χ0v) is 17.4. The normalized spacial score (nSPS) is 14.9. The van der Waals surface area contributed by atoms with Gasteiger partial charge >= 0.3 is 37.9 Å². The Morgan fingerprint density at radius 2 is 1.62 bits per heavy atom. The van der Waals surface area contributed by atoms with Gasteiger partial charge in [-0.1, -0.05) is 49.6 Å². The number of hydrogen-bond donors (Lipinski definition) is 1. The summed E-state index contributed by atoms with van der Waals surface area (Å²) in [6.45, 7) is 0. The molecule has 0 bridgehead atoms. The molecule has 0 unspecified atom stereocenters. The van der Waals surface area contributed by atoms with Gasteiger partial charge in [0, 0.05) is 11.8 Å². The molecule has 2 aromatic carbocycles. The van der Waals surface area contributed by atoms with Crippen molar-refractivity contribution in [1.82, 2.24) is 0 Å². The number of rotatable bonds is 3. The van der Waals surface area contributed by atoms with E-state index >= 15 is 0 Å². The summed E-state index contributed by atoms with van der Waals surface area (Å²) in [5, 5.41) is 10.5. The first-order chi connectivity index (χ1) is 11.8. The molecular formula is C19H21Cl2NOZr. The Morgan fingerprint density at radius 3 is 2.29 bits per heavy atom. The maximum atomic E-state index is 10.5. The van der Waals surface area contributed by atoms with Crippen LogP contribution in [-0.4, -0.2) is 11.3 Å². The fourth-order valence-corrected chi connectivity index (χ4v) is 3.09. The van der Waals surface area contributed by atoms with E-state index < -0.39 is 20.8 Å². The van der Waals surface area contributed by atoms with Gasteiger partial charge in [-0.05, 0) is 42.5 Å². The Labute approximate surface area is 162 Å². The molecule has 0 spiro atoms. The molecule has 0 aliphatic heterocycles. The zero-order chi connectivity index (χ0) is 17.2. The van der Waals surface area contributed by atoms with Crippen molar-refractivity contribution in [3.05, 3.63) is 59.7 Å². The second-order valence-corrected chi connectivity index (χ2v) is 9.52. The van der Waals surface area contributed by atoms with E-state index in [9.17, 15) is 5.11 Å². The summed E-state index contributed by atoms with van der Waals surface area (Å²) in [5.74, 6) is 0.910. The Balaban J connectivity index is 0.000000647. The molecule has 0 aromatic heterocycles. The van der Waals surface area contributed by atoms with Gasteiger partial charge in [0.15, 0.2) is 0 Å². The van der Waals surface area contributed by atoms with E-state index in [0.717, 1.165) is 16.8 Å². The van der Waals surface area contributed by atoms with E-state index in [1.165, 1.54) is 32.1 Å². The quantitative estimate of drug-likeness (QED) is 0.537.